The van der Waals surface area contributed by atoms with Crippen LogP contribution in [0.3, 0.4) is 0 Å². The molecule has 0 nitrogen and oxygen atoms in total. The third-order valence-electron chi connectivity index (χ3n) is 1.70. The first-order chi connectivity index (χ1) is 7.18. The van der Waals surface area contributed by atoms with Crippen LogP contribution in [0.4, 0.5) is 26.3 Å². The van der Waals surface area contributed by atoms with Crippen LogP contribution < -0.4 is 0 Å². The molecule has 88 valence electrons. The van der Waals surface area contributed by atoms with E-state index in [0.717, 1.165) is 24.3 Å². The van der Waals surface area contributed by atoms with Crippen molar-refractivity contribution < 1.29 is 26.3 Å². The maximum Gasteiger partial charge on any atom is 0.416 e. The van der Waals surface area contributed by atoms with Gasteiger partial charge in [-0.05, 0) is 17.7 Å². The Morgan fingerprint density at radius 2 is 1.31 bits per heavy atom. The average Bonchev–Trinajstić information content (AvgIpc) is 2.13. The third kappa shape index (κ3) is 3.96. The largest absolute Gasteiger partial charge is 0.416 e. The second-order valence-electron chi connectivity index (χ2n) is 2.99. The molecule has 0 spiro atoms. The van der Waals surface area contributed by atoms with Crippen LogP contribution in [0.5, 0.6) is 0 Å². The fraction of sp³-hybridized carbons (Fsp3) is 0.200. The maximum atomic E-state index is 12.1. The lowest BCUT2D eigenvalue weighted by molar-refractivity contribution is -0.137. The lowest BCUT2D eigenvalue weighted by Crippen LogP contribution is -2.04. The van der Waals surface area contributed by atoms with Gasteiger partial charge >= 0.3 is 12.4 Å². The molecule has 0 amide bonds. The van der Waals surface area contributed by atoms with Crippen molar-refractivity contribution in [2.45, 2.75) is 12.4 Å². The first-order valence-electron chi connectivity index (χ1n) is 4.12. The van der Waals surface area contributed by atoms with E-state index in [1.165, 1.54) is 0 Å². The number of benzene rings is 1. The van der Waals surface area contributed by atoms with E-state index < -0.39 is 17.9 Å². The van der Waals surface area contributed by atoms with E-state index in [1.807, 2.05) is 0 Å². The normalized spacial score (nSPS) is 13.4. The fourth-order valence-corrected chi connectivity index (χ4v) is 0.974. The molecule has 0 N–H and O–H groups in total. The van der Waals surface area contributed by atoms with E-state index in [0.29, 0.717) is 6.08 Å². The topological polar surface area (TPSA) is 0 Å². The molecule has 1 rings (SSSR count). The lowest BCUT2D eigenvalue weighted by Gasteiger charge is -2.06. The van der Waals surface area contributed by atoms with Crippen molar-refractivity contribution in [2.24, 2.45) is 0 Å². The Hall–Kier alpha value is -1.46. The van der Waals surface area contributed by atoms with Gasteiger partial charge in [-0.1, -0.05) is 18.2 Å². The molecule has 6 heteroatoms. The van der Waals surface area contributed by atoms with Crippen molar-refractivity contribution in [3.63, 3.8) is 0 Å². The van der Waals surface area contributed by atoms with E-state index in [2.05, 4.69) is 0 Å². The summed E-state index contributed by atoms with van der Waals surface area (Å²) in [4.78, 5) is 0. The predicted octanol–water partition coefficient (Wildman–Crippen LogP) is 4.28. The molecule has 0 bridgehead atoms. The monoisotopic (exact) mass is 240 g/mol. The summed E-state index contributed by atoms with van der Waals surface area (Å²) in [5.41, 5.74) is -0.831. The Labute approximate surface area is 87.2 Å². The van der Waals surface area contributed by atoms with Gasteiger partial charge in [0, 0.05) is 6.08 Å². The van der Waals surface area contributed by atoms with Gasteiger partial charge in [-0.2, -0.15) is 26.3 Å². The molecule has 0 saturated carbocycles. The van der Waals surface area contributed by atoms with Crippen LogP contribution >= 0.6 is 0 Å². The van der Waals surface area contributed by atoms with Crippen LogP contribution in [0.1, 0.15) is 11.1 Å². The third-order valence-corrected chi connectivity index (χ3v) is 1.70. The highest BCUT2D eigenvalue weighted by atomic mass is 19.4. The molecule has 0 atom stereocenters. The van der Waals surface area contributed by atoms with Gasteiger partial charge in [0.05, 0.1) is 5.56 Å². The van der Waals surface area contributed by atoms with Crippen molar-refractivity contribution in [3.05, 3.63) is 41.5 Å². The fourth-order valence-electron chi connectivity index (χ4n) is 0.974. The van der Waals surface area contributed by atoms with Crippen molar-refractivity contribution >= 4 is 6.08 Å². The van der Waals surface area contributed by atoms with Gasteiger partial charge < -0.3 is 0 Å². The molecule has 1 aromatic rings. The minimum atomic E-state index is -4.48. The Morgan fingerprint density at radius 3 is 1.69 bits per heavy atom. The molecule has 16 heavy (non-hydrogen) atoms. The standard InChI is InChI=1S/C10H6F6/c11-9(12,13)6-5-7-1-3-8(4-2-7)10(14,15)16/h1-6H/b6-5+. The number of allylic oxidation sites excluding steroid dienone is 1. The van der Waals surface area contributed by atoms with Crippen LogP contribution in [-0.2, 0) is 6.18 Å². The summed E-state index contributed by atoms with van der Waals surface area (Å²) in [5, 5.41) is 0. The van der Waals surface area contributed by atoms with Gasteiger partial charge in [0.15, 0.2) is 0 Å². The van der Waals surface area contributed by atoms with Gasteiger partial charge in [0.2, 0.25) is 0 Å². The lowest BCUT2D eigenvalue weighted by atomic mass is 10.1. The molecule has 0 saturated heterocycles. The first kappa shape index (κ1) is 12.6. The number of halogens is 6. The average molecular weight is 240 g/mol. The quantitative estimate of drug-likeness (QED) is 0.642. The summed E-state index contributed by atoms with van der Waals surface area (Å²) < 4.78 is 71.5. The summed E-state index contributed by atoms with van der Waals surface area (Å²) in [6, 6.07) is 3.42. The predicted molar refractivity (Wildman–Crippen MR) is 46.5 cm³/mol. The maximum absolute atomic E-state index is 12.1. The molecule has 1 aromatic carbocycles. The van der Waals surface area contributed by atoms with Gasteiger partial charge in [-0.25, -0.2) is 0 Å². The molecule has 0 aromatic heterocycles. The number of hydrogen-bond donors (Lipinski definition) is 0. The summed E-state index contributed by atoms with van der Waals surface area (Å²) >= 11 is 0. The molecule has 0 fully saturated rings. The Balaban J connectivity index is 2.85. The van der Waals surface area contributed by atoms with Crippen LogP contribution in [0, 0.1) is 0 Å². The van der Waals surface area contributed by atoms with Gasteiger partial charge in [-0.15, -0.1) is 0 Å². The first-order valence-corrected chi connectivity index (χ1v) is 4.12. The van der Waals surface area contributed by atoms with E-state index >= 15 is 0 Å². The van der Waals surface area contributed by atoms with Crippen LogP contribution in [0.25, 0.3) is 6.08 Å². The minimum absolute atomic E-state index is 0.0321. The molecule has 0 aliphatic rings. The number of alkyl halides is 6. The number of rotatable bonds is 1. The van der Waals surface area contributed by atoms with Gasteiger partial charge in [-0.3, -0.25) is 0 Å². The zero-order valence-electron chi connectivity index (χ0n) is 7.73. The second-order valence-corrected chi connectivity index (χ2v) is 2.99. The highest BCUT2D eigenvalue weighted by Gasteiger charge is 2.29. The zero-order valence-corrected chi connectivity index (χ0v) is 7.73. The van der Waals surface area contributed by atoms with E-state index in [4.69, 9.17) is 0 Å². The van der Waals surface area contributed by atoms with E-state index in [9.17, 15) is 26.3 Å². The molecule has 0 heterocycles. The Kier molecular flexibility index (Phi) is 3.30. The zero-order chi connectivity index (χ0) is 12.4. The Bertz CT molecular complexity index is 368. The van der Waals surface area contributed by atoms with Crippen molar-refractivity contribution in [2.75, 3.05) is 0 Å². The van der Waals surface area contributed by atoms with E-state index in [-0.39, 0.29) is 11.6 Å². The highest BCUT2D eigenvalue weighted by Crippen LogP contribution is 2.29. The van der Waals surface area contributed by atoms with Crippen molar-refractivity contribution in [3.8, 4) is 0 Å². The van der Waals surface area contributed by atoms with Gasteiger partial charge in [0.1, 0.15) is 0 Å². The van der Waals surface area contributed by atoms with Crippen molar-refractivity contribution in [1.82, 2.24) is 0 Å². The second kappa shape index (κ2) is 4.19. The summed E-state index contributed by atoms with van der Waals surface area (Å²) in [6.07, 6.45) is -8.27. The summed E-state index contributed by atoms with van der Waals surface area (Å²) in [7, 11) is 0. The smallest absolute Gasteiger partial charge is 0.167 e. The van der Waals surface area contributed by atoms with Gasteiger partial charge in [0.25, 0.3) is 0 Å². The summed E-state index contributed by atoms with van der Waals surface area (Å²) in [5.74, 6) is 0. The van der Waals surface area contributed by atoms with Crippen LogP contribution in [0.2, 0.25) is 0 Å². The van der Waals surface area contributed by atoms with E-state index in [1.54, 1.807) is 0 Å². The molecular weight excluding hydrogens is 234 g/mol. The molecule has 0 unspecified atom stereocenters. The molecule has 0 aliphatic heterocycles. The number of hydrogen-bond acceptors (Lipinski definition) is 0. The summed E-state index contributed by atoms with van der Waals surface area (Å²) in [6.45, 7) is 0. The molecule has 0 aliphatic carbocycles. The SMILES string of the molecule is FC(F)(F)/C=C/c1ccc(C(F)(F)F)cc1. The molecular formula is C10H6F6. The van der Waals surface area contributed by atoms with Crippen LogP contribution in [-0.4, -0.2) is 6.18 Å². The Morgan fingerprint density at radius 1 is 0.812 bits per heavy atom. The minimum Gasteiger partial charge on any atom is -0.167 e. The highest BCUT2D eigenvalue weighted by molar-refractivity contribution is 5.50. The molecule has 0 radical (unpaired) electrons. The van der Waals surface area contributed by atoms with Crippen molar-refractivity contribution in [1.29, 1.82) is 0 Å². The van der Waals surface area contributed by atoms with Crippen LogP contribution in [0.15, 0.2) is 30.3 Å².